The van der Waals surface area contributed by atoms with Gasteiger partial charge in [0.15, 0.2) is 0 Å². The molecule has 0 aliphatic carbocycles. The maximum atomic E-state index is 12.8. The molecule has 5 nitrogen and oxygen atoms in total. The van der Waals surface area contributed by atoms with Gasteiger partial charge in [-0.25, -0.2) is 9.18 Å². The number of amides is 3. The highest BCUT2D eigenvalue weighted by Gasteiger charge is 2.03. The van der Waals surface area contributed by atoms with E-state index in [1.54, 1.807) is 36.4 Å². The van der Waals surface area contributed by atoms with E-state index in [9.17, 15) is 14.0 Å². The Morgan fingerprint density at radius 2 is 1.74 bits per heavy atom. The number of carbonyl (C=O) groups excluding carboxylic acids is 2. The van der Waals surface area contributed by atoms with Crippen LogP contribution >= 0.6 is 0 Å². The highest BCUT2D eigenvalue weighted by molar-refractivity contribution is 5.92. The number of rotatable bonds is 6. The summed E-state index contributed by atoms with van der Waals surface area (Å²) in [5.41, 5.74) is 7.34. The van der Waals surface area contributed by atoms with Crippen LogP contribution in [0.25, 0.3) is 0 Å². The van der Waals surface area contributed by atoms with Gasteiger partial charge in [-0.1, -0.05) is 24.3 Å². The van der Waals surface area contributed by atoms with Crippen LogP contribution in [-0.2, 0) is 13.0 Å². The number of nitrogens with two attached hydrogens (primary N) is 1. The first kappa shape index (κ1) is 16.5. The highest BCUT2D eigenvalue weighted by atomic mass is 19.1. The molecule has 6 heteroatoms. The molecule has 3 amide bonds. The summed E-state index contributed by atoms with van der Waals surface area (Å²) >= 11 is 0. The lowest BCUT2D eigenvalue weighted by Gasteiger charge is -2.08. The number of carbonyl (C=O) groups is 2. The molecule has 0 spiro atoms. The molecule has 0 radical (unpaired) electrons. The number of urea groups is 1. The first-order valence-electron chi connectivity index (χ1n) is 7.19. The summed E-state index contributed by atoms with van der Waals surface area (Å²) in [4.78, 5) is 22.8. The van der Waals surface area contributed by atoms with E-state index in [1.807, 2.05) is 0 Å². The normalized spacial score (nSPS) is 10.1. The predicted octanol–water partition coefficient (Wildman–Crippen LogP) is 1.97. The minimum absolute atomic E-state index is 0.280. The number of nitrogens with one attached hydrogen (secondary N) is 2. The second-order valence-electron chi connectivity index (χ2n) is 5.05. The second-order valence-corrected chi connectivity index (χ2v) is 5.05. The zero-order chi connectivity index (χ0) is 16.7. The standard InChI is InChI=1S/C17H18FN3O2/c18-15-6-4-12(5-7-15)8-9-20-17(23)21-11-13-2-1-3-14(10-13)16(19)22/h1-7,10H,8-9,11H2,(H2,19,22)(H2,20,21,23). The Bertz CT molecular complexity index is 686. The smallest absolute Gasteiger partial charge is 0.315 e. The van der Waals surface area contributed by atoms with E-state index in [0.717, 1.165) is 11.1 Å². The molecular formula is C17H18FN3O2. The molecule has 0 aromatic heterocycles. The molecule has 120 valence electrons. The van der Waals surface area contributed by atoms with E-state index >= 15 is 0 Å². The Morgan fingerprint density at radius 3 is 2.43 bits per heavy atom. The summed E-state index contributed by atoms with van der Waals surface area (Å²) in [7, 11) is 0. The third-order valence-electron chi connectivity index (χ3n) is 3.28. The van der Waals surface area contributed by atoms with Gasteiger partial charge in [0.1, 0.15) is 5.82 Å². The van der Waals surface area contributed by atoms with Crippen molar-refractivity contribution < 1.29 is 14.0 Å². The van der Waals surface area contributed by atoms with Gasteiger partial charge in [0.25, 0.3) is 0 Å². The van der Waals surface area contributed by atoms with Crippen molar-refractivity contribution in [1.82, 2.24) is 10.6 Å². The van der Waals surface area contributed by atoms with Crippen LogP contribution in [0.4, 0.5) is 9.18 Å². The van der Waals surface area contributed by atoms with Crippen molar-refractivity contribution in [2.45, 2.75) is 13.0 Å². The first-order valence-corrected chi connectivity index (χ1v) is 7.19. The van der Waals surface area contributed by atoms with E-state index in [-0.39, 0.29) is 11.8 Å². The number of halogens is 1. The average Bonchev–Trinajstić information content (AvgIpc) is 2.55. The summed E-state index contributed by atoms with van der Waals surface area (Å²) in [5, 5.41) is 5.42. The zero-order valence-electron chi connectivity index (χ0n) is 12.5. The first-order chi connectivity index (χ1) is 11.0. The van der Waals surface area contributed by atoms with Gasteiger partial charge < -0.3 is 16.4 Å². The molecule has 0 aliphatic rings. The van der Waals surface area contributed by atoms with Crippen LogP contribution in [-0.4, -0.2) is 18.5 Å². The van der Waals surface area contributed by atoms with Crippen LogP contribution in [0.15, 0.2) is 48.5 Å². The Morgan fingerprint density at radius 1 is 1.00 bits per heavy atom. The van der Waals surface area contributed by atoms with Crippen LogP contribution in [0.5, 0.6) is 0 Å². The maximum Gasteiger partial charge on any atom is 0.315 e. The van der Waals surface area contributed by atoms with E-state index in [2.05, 4.69) is 10.6 Å². The summed E-state index contributed by atoms with van der Waals surface area (Å²) in [6.07, 6.45) is 0.616. The molecule has 2 aromatic rings. The molecule has 0 bridgehead atoms. The highest BCUT2D eigenvalue weighted by Crippen LogP contribution is 2.04. The van der Waals surface area contributed by atoms with Gasteiger partial charge in [-0.15, -0.1) is 0 Å². The zero-order valence-corrected chi connectivity index (χ0v) is 12.5. The molecule has 2 rings (SSSR count). The van der Waals surface area contributed by atoms with Crippen LogP contribution in [0.3, 0.4) is 0 Å². The third-order valence-corrected chi connectivity index (χ3v) is 3.28. The van der Waals surface area contributed by atoms with Crippen molar-refractivity contribution in [2.24, 2.45) is 5.73 Å². The SMILES string of the molecule is NC(=O)c1cccc(CNC(=O)NCCc2ccc(F)cc2)c1. The van der Waals surface area contributed by atoms with Gasteiger partial charge in [-0.05, 0) is 41.8 Å². The molecule has 0 saturated carbocycles. The minimum Gasteiger partial charge on any atom is -0.366 e. The maximum absolute atomic E-state index is 12.8. The number of hydrogen-bond donors (Lipinski definition) is 3. The molecule has 0 aliphatic heterocycles. The molecule has 0 saturated heterocycles. The topological polar surface area (TPSA) is 84.2 Å². The monoisotopic (exact) mass is 315 g/mol. The van der Waals surface area contributed by atoms with Crippen molar-refractivity contribution in [3.8, 4) is 0 Å². The average molecular weight is 315 g/mol. The van der Waals surface area contributed by atoms with Crippen molar-refractivity contribution in [2.75, 3.05) is 6.54 Å². The van der Waals surface area contributed by atoms with Gasteiger partial charge in [-0.2, -0.15) is 0 Å². The number of benzene rings is 2. The number of hydrogen-bond acceptors (Lipinski definition) is 2. The Hall–Kier alpha value is -2.89. The third kappa shape index (κ3) is 5.43. The fourth-order valence-corrected chi connectivity index (χ4v) is 2.05. The quantitative estimate of drug-likeness (QED) is 0.761. The molecule has 0 fully saturated rings. The van der Waals surface area contributed by atoms with E-state index in [4.69, 9.17) is 5.73 Å². The van der Waals surface area contributed by atoms with Gasteiger partial charge in [0, 0.05) is 18.7 Å². The van der Waals surface area contributed by atoms with Crippen molar-refractivity contribution in [3.63, 3.8) is 0 Å². The number of primary amides is 1. The van der Waals surface area contributed by atoms with Gasteiger partial charge >= 0.3 is 6.03 Å². The summed E-state index contributed by atoms with van der Waals surface area (Å²) in [6.45, 7) is 0.738. The fraction of sp³-hybridized carbons (Fsp3) is 0.176. The lowest BCUT2D eigenvalue weighted by Crippen LogP contribution is -2.36. The molecule has 0 unspecified atom stereocenters. The van der Waals surface area contributed by atoms with Crippen LogP contribution in [0.2, 0.25) is 0 Å². The molecule has 2 aromatic carbocycles. The molecule has 0 atom stereocenters. The lowest BCUT2D eigenvalue weighted by atomic mass is 10.1. The van der Waals surface area contributed by atoms with Crippen LogP contribution in [0.1, 0.15) is 21.5 Å². The van der Waals surface area contributed by atoms with Crippen LogP contribution < -0.4 is 16.4 Å². The summed E-state index contributed by atoms with van der Waals surface area (Å²) in [6, 6.07) is 12.6. The second kappa shape index (κ2) is 7.93. The van der Waals surface area contributed by atoms with E-state index < -0.39 is 5.91 Å². The van der Waals surface area contributed by atoms with Gasteiger partial charge in [0.05, 0.1) is 0 Å². The largest absolute Gasteiger partial charge is 0.366 e. The molecule has 4 N–H and O–H groups in total. The Kier molecular flexibility index (Phi) is 5.68. The summed E-state index contributed by atoms with van der Waals surface area (Å²) < 4.78 is 12.8. The van der Waals surface area contributed by atoms with Crippen LogP contribution in [0, 0.1) is 5.82 Å². The minimum atomic E-state index is -0.504. The fourth-order valence-electron chi connectivity index (χ4n) is 2.05. The predicted molar refractivity (Wildman–Crippen MR) is 85.3 cm³/mol. The van der Waals surface area contributed by atoms with Crippen molar-refractivity contribution >= 4 is 11.9 Å². The van der Waals surface area contributed by atoms with Crippen molar-refractivity contribution in [1.29, 1.82) is 0 Å². The molecule has 0 heterocycles. The lowest BCUT2D eigenvalue weighted by molar-refractivity contribution is 0.1000. The van der Waals surface area contributed by atoms with E-state index in [1.165, 1.54) is 12.1 Å². The van der Waals surface area contributed by atoms with Gasteiger partial charge in [-0.3, -0.25) is 4.79 Å². The molecular weight excluding hydrogens is 297 g/mol. The van der Waals surface area contributed by atoms with Gasteiger partial charge in [0.2, 0.25) is 5.91 Å². The molecule has 23 heavy (non-hydrogen) atoms. The Balaban J connectivity index is 1.73. The Labute approximate surface area is 133 Å². The van der Waals surface area contributed by atoms with Crippen molar-refractivity contribution in [3.05, 3.63) is 71.0 Å². The summed E-state index contributed by atoms with van der Waals surface area (Å²) in [5.74, 6) is -0.784. The van der Waals surface area contributed by atoms with E-state index in [0.29, 0.717) is 25.1 Å².